The Hall–Kier alpha value is -0.990. The van der Waals surface area contributed by atoms with Crippen molar-refractivity contribution in [3.05, 3.63) is 11.3 Å². The van der Waals surface area contributed by atoms with Crippen molar-refractivity contribution in [2.45, 2.75) is 13.8 Å². The first-order valence-electron chi connectivity index (χ1n) is 3.21. The summed E-state index contributed by atoms with van der Waals surface area (Å²) in [5.74, 6) is 0.845. The van der Waals surface area contributed by atoms with E-state index < -0.39 is 0 Å². The fourth-order valence-corrected chi connectivity index (χ4v) is 1.03. The molecule has 56 valence electrons. The van der Waals surface area contributed by atoms with E-state index in [-0.39, 0.29) is 0 Å². The average Bonchev–Trinajstić information content (AvgIpc) is 2.09. The summed E-state index contributed by atoms with van der Waals surface area (Å²) in [4.78, 5) is 0. The van der Waals surface area contributed by atoms with E-state index in [1.54, 1.807) is 11.8 Å². The van der Waals surface area contributed by atoms with Gasteiger partial charge in [-0.2, -0.15) is 5.10 Å². The molecule has 0 aliphatic carbocycles. The van der Waals surface area contributed by atoms with Crippen molar-refractivity contribution in [3.8, 4) is 5.88 Å². The number of nitrogens with zero attached hydrogens (tertiary/aromatic N) is 2. The zero-order chi connectivity index (χ0) is 7.72. The third kappa shape index (κ3) is 0.875. The van der Waals surface area contributed by atoms with Crippen molar-refractivity contribution in [2.24, 2.45) is 7.05 Å². The van der Waals surface area contributed by atoms with Crippen LogP contribution in [0.15, 0.2) is 0 Å². The highest BCUT2D eigenvalue weighted by atomic mass is 16.5. The molecule has 0 saturated heterocycles. The highest BCUT2D eigenvalue weighted by Gasteiger charge is 2.07. The van der Waals surface area contributed by atoms with E-state index in [1.165, 1.54) is 0 Å². The molecule has 0 saturated carbocycles. The van der Waals surface area contributed by atoms with Gasteiger partial charge in [0.05, 0.1) is 12.8 Å². The van der Waals surface area contributed by atoms with Crippen LogP contribution in [0.3, 0.4) is 0 Å². The molecule has 0 aliphatic rings. The maximum Gasteiger partial charge on any atom is 0.214 e. The van der Waals surface area contributed by atoms with Gasteiger partial charge in [0.2, 0.25) is 5.88 Å². The maximum atomic E-state index is 5.10. The summed E-state index contributed by atoms with van der Waals surface area (Å²) in [6.45, 7) is 3.97. The summed E-state index contributed by atoms with van der Waals surface area (Å²) in [5, 5.41) is 4.17. The van der Waals surface area contributed by atoms with Crippen LogP contribution in [0.25, 0.3) is 0 Å². The second kappa shape index (κ2) is 2.33. The van der Waals surface area contributed by atoms with Crippen LogP contribution in [0.2, 0.25) is 0 Å². The van der Waals surface area contributed by atoms with Gasteiger partial charge in [-0.1, -0.05) is 0 Å². The lowest BCUT2D eigenvalue weighted by Gasteiger charge is -1.98. The molecule has 3 heteroatoms. The molecule has 1 aromatic heterocycles. The lowest BCUT2D eigenvalue weighted by Crippen LogP contribution is -1.95. The van der Waals surface area contributed by atoms with Gasteiger partial charge in [0.15, 0.2) is 0 Å². The van der Waals surface area contributed by atoms with Crippen molar-refractivity contribution in [1.82, 2.24) is 9.78 Å². The van der Waals surface area contributed by atoms with E-state index in [2.05, 4.69) is 5.10 Å². The lowest BCUT2D eigenvalue weighted by atomic mass is 10.3. The van der Waals surface area contributed by atoms with Gasteiger partial charge in [-0.3, -0.25) is 0 Å². The Morgan fingerprint density at radius 2 is 2.00 bits per heavy atom. The Labute approximate surface area is 60.6 Å². The molecule has 0 radical (unpaired) electrons. The molecule has 0 fully saturated rings. The summed E-state index contributed by atoms with van der Waals surface area (Å²) in [6, 6.07) is 0. The molecule has 0 spiro atoms. The van der Waals surface area contributed by atoms with Crippen LogP contribution in [-0.2, 0) is 7.05 Å². The van der Waals surface area contributed by atoms with Gasteiger partial charge in [-0.25, -0.2) is 4.68 Å². The van der Waals surface area contributed by atoms with Gasteiger partial charge in [0.1, 0.15) is 0 Å². The van der Waals surface area contributed by atoms with Gasteiger partial charge >= 0.3 is 0 Å². The fraction of sp³-hybridized carbons (Fsp3) is 0.571. The van der Waals surface area contributed by atoms with Crippen LogP contribution in [0.4, 0.5) is 0 Å². The summed E-state index contributed by atoms with van der Waals surface area (Å²) < 4.78 is 6.84. The van der Waals surface area contributed by atoms with Crippen LogP contribution in [0, 0.1) is 13.8 Å². The molecule has 10 heavy (non-hydrogen) atoms. The molecule has 0 amide bonds. The summed E-state index contributed by atoms with van der Waals surface area (Å²) in [7, 11) is 3.53. The monoisotopic (exact) mass is 140 g/mol. The summed E-state index contributed by atoms with van der Waals surface area (Å²) in [6.07, 6.45) is 0. The molecule has 0 atom stereocenters. The van der Waals surface area contributed by atoms with Crippen molar-refractivity contribution in [2.75, 3.05) is 7.11 Å². The maximum absolute atomic E-state index is 5.10. The quantitative estimate of drug-likeness (QED) is 0.583. The molecule has 1 rings (SSSR count). The topological polar surface area (TPSA) is 27.1 Å². The number of ether oxygens (including phenoxy) is 1. The van der Waals surface area contributed by atoms with Crippen LogP contribution < -0.4 is 4.74 Å². The first-order valence-corrected chi connectivity index (χ1v) is 3.21. The van der Waals surface area contributed by atoms with E-state index in [4.69, 9.17) is 4.74 Å². The fourth-order valence-electron chi connectivity index (χ4n) is 1.03. The number of rotatable bonds is 1. The van der Waals surface area contributed by atoms with Crippen LogP contribution in [0.5, 0.6) is 5.88 Å². The number of hydrogen-bond donors (Lipinski definition) is 0. The smallest absolute Gasteiger partial charge is 0.214 e. The van der Waals surface area contributed by atoms with Crippen molar-refractivity contribution < 1.29 is 4.74 Å². The Balaban J connectivity index is 3.20. The first-order chi connectivity index (χ1) is 4.66. The molecule has 0 unspecified atom stereocenters. The second-order valence-corrected chi connectivity index (χ2v) is 2.34. The van der Waals surface area contributed by atoms with Crippen LogP contribution in [-0.4, -0.2) is 16.9 Å². The zero-order valence-electron chi connectivity index (χ0n) is 6.80. The van der Waals surface area contributed by atoms with Crippen LogP contribution in [0.1, 0.15) is 11.3 Å². The lowest BCUT2D eigenvalue weighted by molar-refractivity contribution is 0.371. The highest BCUT2D eigenvalue weighted by molar-refractivity contribution is 5.28. The molecule has 1 aromatic rings. The zero-order valence-corrected chi connectivity index (χ0v) is 6.80. The summed E-state index contributed by atoms with van der Waals surface area (Å²) >= 11 is 0. The molecule has 0 aliphatic heterocycles. The Morgan fingerprint density at radius 3 is 2.20 bits per heavy atom. The van der Waals surface area contributed by atoms with Crippen LogP contribution >= 0.6 is 0 Å². The van der Waals surface area contributed by atoms with E-state index >= 15 is 0 Å². The minimum atomic E-state index is 0.845. The van der Waals surface area contributed by atoms with E-state index in [0.717, 1.165) is 17.1 Å². The number of aromatic nitrogens is 2. The number of hydrogen-bond acceptors (Lipinski definition) is 2. The van der Waals surface area contributed by atoms with E-state index in [1.807, 2.05) is 20.9 Å². The Morgan fingerprint density at radius 1 is 1.40 bits per heavy atom. The molecule has 0 aromatic carbocycles. The van der Waals surface area contributed by atoms with Gasteiger partial charge < -0.3 is 4.74 Å². The first kappa shape index (κ1) is 7.12. The normalized spacial score (nSPS) is 10.0. The third-order valence-electron chi connectivity index (χ3n) is 1.65. The molecule has 0 N–H and O–H groups in total. The minimum absolute atomic E-state index is 0.845. The Bertz CT molecular complexity index is 240. The number of aryl methyl sites for hydroxylation is 2. The van der Waals surface area contributed by atoms with E-state index in [9.17, 15) is 0 Å². The molecule has 1 heterocycles. The number of methoxy groups -OCH3 is 1. The van der Waals surface area contributed by atoms with E-state index in [0.29, 0.717) is 0 Å². The van der Waals surface area contributed by atoms with Gasteiger partial charge in [-0.15, -0.1) is 0 Å². The molecule has 3 nitrogen and oxygen atoms in total. The minimum Gasteiger partial charge on any atom is -0.481 e. The average molecular weight is 140 g/mol. The highest BCUT2D eigenvalue weighted by Crippen LogP contribution is 2.18. The molecular formula is C7H12N2O. The SMILES string of the molecule is COc1c(C)c(C)nn1C. The second-order valence-electron chi connectivity index (χ2n) is 2.34. The Kier molecular flexibility index (Phi) is 1.66. The third-order valence-corrected chi connectivity index (χ3v) is 1.65. The molecular weight excluding hydrogens is 128 g/mol. The van der Waals surface area contributed by atoms with Gasteiger partial charge in [0, 0.05) is 12.6 Å². The summed E-state index contributed by atoms with van der Waals surface area (Å²) in [5.41, 5.74) is 2.14. The van der Waals surface area contributed by atoms with Crippen molar-refractivity contribution in [3.63, 3.8) is 0 Å². The predicted octanol–water partition coefficient (Wildman–Crippen LogP) is 1.05. The van der Waals surface area contributed by atoms with Gasteiger partial charge in [-0.05, 0) is 13.8 Å². The molecule has 0 bridgehead atoms. The predicted molar refractivity (Wildman–Crippen MR) is 39.2 cm³/mol. The largest absolute Gasteiger partial charge is 0.481 e. The van der Waals surface area contributed by atoms with Gasteiger partial charge in [0.25, 0.3) is 0 Å². The van der Waals surface area contributed by atoms with Crippen molar-refractivity contribution in [1.29, 1.82) is 0 Å². The van der Waals surface area contributed by atoms with Crippen molar-refractivity contribution >= 4 is 0 Å². The standard InChI is InChI=1S/C7H12N2O/c1-5-6(2)8-9(3)7(5)10-4/h1-4H3.